The molecule has 0 unspecified atom stereocenters. The lowest BCUT2D eigenvalue weighted by molar-refractivity contribution is 0.581. The molecular formula is C13H12N2O2S3. The van der Waals surface area contributed by atoms with Gasteiger partial charge in [0.1, 0.15) is 4.90 Å². The first-order valence-corrected chi connectivity index (χ1v) is 9.21. The van der Waals surface area contributed by atoms with Crippen molar-refractivity contribution in [2.24, 2.45) is 0 Å². The Balaban J connectivity index is 1.85. The van der Waals surface area contributed by atoms with Gasteiger partial charge in [0.2, 0.25) is 10.0 Å². The van der Waals surface area contributed by atoms with Crippen LogP contribution < -0.4 is 4.72 Å². The monoisotopic (exact) mass is 324 g/mol. The minimum Gasteiger partial charge on any atom is -0.254 e. The zero-order valence-electron chi connectivity index (χ0n) is 10.7. The van der Waals surface area contributed by atoms with Gasteiger partial charge in [-0.15, -0.1) is 11.3 Å². The van der Waals surface area contributed by atoms with Gasteiger partial charge < -0.3 is 0 Å². The van der Waals surface area contributed by atoms with Crippen LogP contribution in [0, 0.1) is 6.92 Å². The highest BCUT2D eigenvalue weighted by Crippen LogP contribution is 2.22. The van der Waals surface area contributed by atoms with Crippen LogP contribution in [0.15, 0.2) is 39.4 Å². The number of rotatable bonds is 4. The smallest absolute Gasteiger partial charge is 0.242 e. The van der Waals surface area contributed by atoms with Crippen molar-refractivity contribution < 1.29 is 8.42 Å². The van der Waals surface area contributed by atoms with E-state index >= 15 is 0 Å². The van der Waals surface area contributed by atoms with E-state index in [1.54, 1.807) is 17.4 Å². The van der Waals surface area contributed by atoms with Gasteiger partial charge in [0.05, 0.1) is 10.2 Å². The van der Waals surface area contributed by atoms with Crippen molar-refractivity contribution >= 4 is 42.9 Å². The second-order valence-corrected chi connectivity index (χ2v) is 7.84. The van der Waals surface area contributed by atoms with Crippen LogP contribution in [-0.4, -0.2) is 13.4 Å². The summed E-state index contributed by atoms with van der Waals surface area (Å²) in [6.07, 6.45) is 1.40. The van der Waals surface area contributed by atoms with Crippen molar-refractivity contribution in [1.82, 2.24) is 9.71 Å². The highest BCUT2D eigenvalue weighted by Gasteiger charge is 2.15. The van der Waals surface area contributed by atoms with Crippen LogP contribution >= 0.6 is 22.7 Å². The molecule has 0 radical (unpaired) electrons. The summed E-state index contributed by atoms with van der Waals surface area (Å²) >= 11 is 3.05. The first-order valence-electron chi connectivity index (χ1n) is 5.91. The van der Waals surface area contributed by atoms with Crippen molar-refractivity contribution in [2.45, 2.75) is 18.4 Å². The summed E-state index contributed by atoms with van der Waals surface area (Å²) in [5.41, 5.74) is 2.93. The van der Waals surface area contributed by atoms with E-state index in [0.717, 1.165) is 21.3 Å². The molecule has 7 heteroatoms. The van der Waals surface area contributed by atoms with Crippen molar-refractivity contribution in [3.63, 3.8) is 0 Å². The lowest BCUT2D eigenvalue weighted by Gasteiger charge is -2.06. The number of aryl methyl sites for hydroxylation is 1. The van der Waals surface area contributed by atoms with E-state index in [2.05, 4.69) is 9.71 Å². The lowest BCUT2D eigenvalue weighted by Crippen LogP contribution is -2.23. The molecule has 0 aliphatic rings. The normalized spacial score (nSPS) is 12.1. The molecule has 0 saturated carbocycles. The van der Waals surface area contributed by atoms with Crippen LogP contribution in [0.4, 0.5) is 0 Å². The second-order valence-electron chi connectivity index (χ2n) is 4.38. The van der Waals surface area contributed by atoms with Crippen molar-refractivity contribution in [1.29, 1.82) is 0 Å². The highest BCUT2D eigenvalue weighted by atomic mass is 32.2. The Labute approximate surface area is 125 Å². The molecule has 3 aromatic rings. The number of sulfonamides is 1. The minimum atomic E-state index is -3.52. The van der Waals surface area contributed by atoms with Crippen LogP contribution in [0.2, 0.25) is 0 Å². The molecule has 4 nitrogen and oxygen atoms in total. The molecular weight excluding hydrogens is 312 g/mol. The SMILES string of the molecule is Cc1cscc1CNS(=O)(=O)c1cnc2ccsc2c1. The van der Waals surface area contributed by atoms with Gasteiger partial charge in [0.25, 0.3) is 0 Å². The van der Waals surface area contributed by atoms with Gasteiger partial charge in [-0.25, -0.2) is 13.1 Å². The molecule has 20 heavy (non-hydrogen) atoms. The number of aromatic nitrogens is 1. The first kappa shape index (κ1) is 13.7. The molecule has 0 amide bonds. The third-order valence-electron chi connectivity index (χ3n) is 3.00. The molecule has 0 saturated heterocycles. The molecule has 0 aromatic carbocycles. The van der Waals surface area contributed by atoms with Gasteiger partial charge in [0, 0.05) is 12.7 Å². The molecule has 0 spiro atoms. The van der Waals surface area contributed by atoms with Gasteiger partial charge in [-0.05, 0) is 46.3 Å². The van der Waals surface area contributed by atoms with Crippen molar-refractivity contribution in [3.8, 4) is 0 Å². The number of hydrogen-bond donors (Lipinski definition) is 1. The van der Waals surface area contributed by atoms with Gasteiger partial charge in [-0.3, -0.25) is 4.98 Å². The largest absolute Gasteiger partial charge is 0.254 e. The standard InChI is InChI=1S/C13H12N2O2S3/c1-9-7-18-8-10(9)5-15-20(16,17)11-4-13-12(14-6-11)2-3-19-13/h2-4,6-8,15H,5H2,1H3. The molecule has 0 atom stereocenters. The lowest BCUT2D eigenvalue weighted by atomic mass is 10.2. The molecule has 3 aromatic heterocycles. The topological polar surface area (TPSA) is 59.1 Å². The first-order chi connectivity index (χ1) is 9.56. The number of nitrogens with zero attached hydrogens (tertiary/aromatic N) is 1. The number of nitrogens with one attached hydrogen (secondary N) is 1. The van der Waals surface area contributed by atoms with Gasteiger partial charge in [0.15, 0.2) is 0 Å². The quantitative estimate of drug-likeness (QED) is 0.802. The third-order valence-corrected chi connectivity index (χ3v) is 6.13. The number of pyridine rings is 1. The molecule has 0 fully saturated rings. The average molecular weight is 324 g/mol. The zero-order chi connectivity index (χ0) is 14.2. The van der Waals surface area contributed by atoms with E-state index in [-0.39, 0.29) is 4.90 Å². The van der Waals surface area contributed by atoms with Crippen LogP contribution in [0.25, 0.3) is 10.2 Å². The fraction of sp³-hybridized carbons (Fsp3) is 0.154. The molecule has 104 valence electrons. The van der Waals surface area contributed by atoms with Crippen LogP contribution in [-0.2, 0) is 16.6 Å². The molecule has 1 N–H and O–H groups in total. The van der Waals surface area contributed by atoms with Crippen molar-refractivity contribution in [3.05, 3.63) is 45.6 Å². The molecule has 0 aliphatic carbocycles. The van der Waals surface area contributed by atoms with E-state index in [9.17, 15) is 8.42 Å². The Bertz CT molecular complexity index is 849. The summed E-state index contributed by atoms with van der Waals surface area (Å²) in [6, 6.07) is 3.54. The highest BCUT2D eigenvalue weighted by molar-refractivity contribution is 7.89. The Morgan fingerprint density at radius 1 is 1.35 bits per heavy atom. The maximum absolute atomic E-state index is 12.3. The fourth-order valence-electron chi connectivity index (χ4n) is 1.80. The Morgan fingerprint density at radius 2 is 2.20 bits per heavy atom. The summed E-state index contributed by atoms with van der Waals surface area (Å²) in [6.45, 7) is 2.28. The number of thiophene rings is 2. The summed E-state index contributed by atoms with van der Waals surface area (Å²) < 4.78 is 28.0. The van der Waals surface area contributed by atoms with Gasteiger partial charge >= 0.3 is 0 Å². The molecule has 0 aliphatic heterocycles. The van der Waals surface area contributed by atoms with E-state index in [4.69, 9.17) is 0 Å². The van der Waals surface area contributed by atoms with Crippen LogP contribution in [0.1, 0.15) is 11.1 Å². The predicted octanol–water partition coefficient (Wildman–Crippen LogP) is 3.14. The van der Waals surface area contributed by atoms with Gasteiger partial charge in [-0.1, -0.05) is 0 Å². The summed E-state index contributed by atoms with van der Waals surface area (Å²) in [5, 5.41) is 5.86. The fourth-order valence-corrected chi connectivity index (χ4v) is 4.49. The van der Waals surface area contributed by atoms with E-state index in [0.29, 0.717) is 6.54 Å². The third kappa shape index (κ3) is 2.62. The van der Waals surface area contributed by atoms with Crippen LogP contribution in [0.5, 0.6) is 0 Å². The summed E-state index contributed by atoms with van der Waals surface area (Å²) in [4.78, 5) is 4.37. The zero-order valence-corrected chi connectivity index (χ0v) is 13.1. The Kier molecular flexibility index (Phi) is 3.59. The maximum Gasteiger partial charge on any atom is 0.242 e. The molecule has 3 rings (SSSR count). The number of fused-ring (bicyclic) bond motifs is 1. The molecule has 3 heterocycles. The molecule has 0 bridgehead atoms. The number of hydrogen-bond acceptors (Lipinski definition) is 5. The predicted molar refractivity (Wildman–Crippen MR) is 82.7 cm³/mol. The Morgan fingerprint density at radius 3 is 2.95 bits per heavy atom. The van der Waals surface area contributed by atoms with Crippen LogP contribution in [0.3, 0.4) is 0 Å². The minimum absolute atomic E-state index is 0.209. The summed E-state index contributed by atoms with van der Waals surface area (Å²) in [5.74, 6) is 0. The Hall–Kier alpha value is -1.28. The summed E-state index contributed by atoms with van der Waals surface area (Å²) in [7, 11) is -3.52. The van der Waals surface area contributed by atoms with E-state index < -0.39 is 10.0 Å². The maximum atomic E-state index is 12.3. The van der Waals surface area contributed by atoms with Crippen molar-refractivity contribution in [2.75, 3.05) is 0 Å². The van der Waals surface area contributed by atoms with E-state index in [1.165, 1.54) is 17.5 Å². The second kappa shape index (κ2) is 5.25. The van der Waals surface area contributed by atoms with Gasteiger partial charge in [-0.2, -0.15) is 11.3 Å². The van der Waals surface area contributed by atoms with E-state index in [1.807, 2.05) is 29.1 Å². The average Bonchev–Trinajstić information content (AvgIpc) is 3.04.